The monoisotopic (exact) mass is 257 g/mol. The first-order chi connectivity index (χ1) is 9.26. The molecule has 6 nitrogen and oxygen atoms in total. The van der Waals surface area contributed by atoms with Crippen LogP contribution in [0.2, 0.25) is 0 Å². The van der Waals surface area contributed by atoms with E-state index in [-0.39, 0.29) is 0 Å². The Morgan fingerprint density at radius 3 is 3.05 bits per heavy atom. The number of likely N-dealkylation sites (N-methyl/N-ethyl adjacent to an activating group) is 1. The van der Waals surface area contributed by atoms with E-state index >= 15 is 0 Å². The largest absolute Gasteiger partial charge is 0.332 e. The van der Waals surface area contributed by atoms with Gasteiger partial charge < -0.3 is 14.2 Å². The maximum atomic E-state index is 5.26. The van der Waals surface area contributed by atoms with Crippen molar-refractivity contribution in [1.29, 1.82) is 0 Å². The third kappa shape index (κ3) is 2.34. The van der Waals surface area contributed by atoms with Crippen molar-refractivity contribution in [3.8, 4) is 11.6 Å². The van der Waals surface area contributed by atoms with E-state index in [1.54, 1.807) is 0 Å². The summed E-state index contributed by atoms with van der Waals surface area (Å²) in [5.74, 6) is 1.15. The molecule has 98 valence electrons. The van der Waals surface area contributed by atoms with Gasteiger partial charge in [-0.15, -0.1) is 0 Å². The standard InChI is InChI=1S/C13H15N5O/c1-9(14-2)7-11-16-13(19-17-11)10-8-18-6-4-3-5-12(18)15-10/h3-6,8-9,14H,7H2,1-2H3. The molecule has 0 spiro atoms. The molecule has 0 radical (unpaired) electrons. The van der Waals surface area contributed by atoms with Crippen molar-refractivity contribution in [1.82, 2.24) is 24.8 Å². The second-order valence-corrected chi connectivity index (χ2v) is 4.50. The van der Waals surface area contributed by atoms with Gasteiger partial charge in [0.2, 0.25) is 0 Å². The molecule has 6 heteroatoms. The summed E-state index contributed by atoms with van der Waals surface area (Å²) in [4.78, 5) is 8.82. The molecule has 0 fully saturated rings. The lowest BCUT2D eigenvalue weighted by Gasteiger charge is -2.04. The van der Waals surface area contributed by atoms with Gasteiger partial charge in [-0.05, 0) is 26.1 Å². The number of hydrogen-bond acceptors (Lipinski definition) is 5. The van der Waals surface area contributed by atoms with Gasteiger partial charge in [0.05, 0.1) is 0 Å². The van der Waals surface area contributed by atoms with E-state index in [2.05, 4.69) is 27.4 Å². The maximum absolute atomic E-state index is 5.26. The molecular weight excluding hydrogens is 242 g/mol. The van der Waals surface area contributed by atoms with Crippen LogP contribution in [0, 0.1) is 0 Å². The lowest BCUT2D eigenvalue weighted by atomic mass is 10.2. The molecule has 0 bridgehead atoms. The van der Waals surface area contributed by atoms with E-state index in [0.29, 0.717) is 23.5 Å². The van der Waals surface area contributed by atoms with Crippen molar-refractivity contribution in [2.24, 2.45) is 0 Å². The lowest BCUT2D eigenvalue weighted by Crippen LogP contribution is -2.24. The number of imidazole rings is 1. The first-order valence-corrected chi connectivity index (χ1v) is 6.20. The Bertz CT molecular complexity index is 654. The maximum Gasteiger partial charge on any atom is 0.278 e. The minimum atomic E-state index is 0.312. The van der Waals surface area contributed by atoms with Crippen LogP contribution < -0.4 is 5.32 Å². The zero-order valence-corrected chi connectivity index (χ0v) is 10.9. The third-order valence-corrected chi connectivity index (χ3v) is 3.03. The van der Waals surface area contributed by atoms with Gasteiger partial charge in [-0.2, -0.15) is 4.98 Å². The Balaban J connectivity index is 1.89. The molecule has 0 saturated carbocycles. The van der Waals surface area contributed by atoms with Crippen molar-refractivity contribution < 1.29 is 4.52 Å². The molecule has 0 aliphatic heterocycles. The molecule has 0 saturated heterocycles. The van der Waals surface area contributed by atoms with Crippen molar-refractivity contribution in [3.63, 3.8) is 0 Å². The molecule has 0 aromatic carbocycles. The topological polar surface area (TPSA) is 68.2 Å². The predicted molar refractivity (Wildman–Crippen MR) is 70.7 cm³/mol. The smallest absolute Gasteiger partial charge is 0.278 e. The average Bonchev–Trinajstić information content (AvgIpc) is 3.04. The van der Waals surface area contributed by atoms with E-state index in [1.165, 1.54) is 0 Å². The Kier molecular flexibility index (Phi) is 3.00. The highest BCUT2D eigenvalue weighted by molar-refractivity contribution is 5.53. The summed E-state index contributed by atoms with van der Waals surface area (Å²) in [6.45, 7) is 2.07. The fourth-order valence-corrected chi connectivity index (χ4v) is 1.85. The molecule has 1 unspecified atom stereocenters. The van der Waals surface area contributed by atoms with Crippen LogP contribution in [0.1, 0.15) is 12.7 Å². The quantitative estimate of drug-likeness (QED) is 0.767. The molecule has 3 aromatic rings. The molecule has 0 aliphatic carbocycles. The molecule has 1 atom stereocenters. The molecule has 3 aromatic heterocycles. The highest BCUT2D eigenvalue weighted by atomic mass is 16.5. The van der Waals surface area contributed by atoms with Crippen LogP contribution >= 0.6 is 0 Å². The first-order valence-electron chi connectivity index (χ1n) is 6.20. The van der Waals surface area contributed by atoms with Crippen LogP contribution in [0.4, 0.5) is 0 Å². The lowest BCUT2D eigenvalue weighted by molar-refractivity contribution is 0.417. The van der Waals surface area contributed by atoms with Crippen molar-refractivity contribution in [2.75, 3.05) is 7.05 Å². The van der Waals surface area contributed by atoms with Crippen LogP contribution in [0.3, 0.4) is 0 Å². The highest BCUT2D eigenvalue weighted by Crippen LogP contribution is 2.17. The molecule has 0 amide bonds. The van der Waals surface area contributed by atoms with Crippen LogP contribution in [-0.4, -0.2) is 32.6 Å². The van der Waals surface area contributed by atoms with Crippen molar-refractivity contribution >= 4 is 5.65 Å². The predicted octanol–water partition coefficient (Wildman–Crippen LogP) is 1.53. The van der Waals surface area contributed by atoms with E-state index in [0.717, 1.165) is 12.1 Å². The molecule has 3 rings (SSSR count). The second kappa shape index (κ2) is 4.81. The van der Waals surface area contributed by atoms with Gasteiger partial charge >= 0.3 is 0 Å². The van der Waals surface area contributed by atoms with Gasteiger partial charge in [0.25, 0.3) is 5.89 Å². The van der Waals surface area contributed by atoms with Gasteiger partial charge in [-0.1, -0.05) is 11.2 Å². The molecule has 1 N–H and O–H groups in total. The van der Waals surface area contributed by atoms with Gasteiger partial charge in [-0.25, -0.2) is 4.98 Å². The number of aromatic nitrogens is 4. The normalized spacial score (nSPS) is 12.9. The van der Waals surface area contributed by atoms with Crippen LogP contribution in [0.15, 0.2) is 35.1 Å². The Morgan fingerprint density at radius 1 is 1.37 bits per heavy atom. The molecule has 3 heterocycles. The van der Waals surface area contributed by atoms with E-state index < -0.39 is 0 Å². The van der Waals surface area contributed by atoms with E-state index in [1.807, 2.05) is 42.0 Å². The van der Waals surface area contributed by atoms with Gasteiger partial charge in [0, 0.05) is 24.9 Å². The summed E-state index contributed by atoms with van der Waals surface area (Å²) < 4.78 is 7.19. The fourth-order valence-electron chi connectivity index (χ4n) is 1.85. The summed E-state index contributed by atoms with van der Waals surface area (Å²) in [6.07, 6.45) is 4.55. The van der Waals surface area contributed by atoms with E-state index in [9.17, 15) is 0 Å². The van der Waals surface area contributed by atoms with Gasteiger partial charge in [-0.3, -0.25) is 0 Å². The zero-order chi connectivity index (χ0) is 13.2. The summed E-state index contributed by atoms with van der Waals surface area (Å²) in [6, 6.07) is 6.14. The SMILES string of the molecule is CNC(C)Cc1noc(-c2cn3ccccc3n2)n1. The minimum Gasteiger partial charge on any atom is -0.332 e. The minimum absolute atomic E-state index is 0.312. The number of pyridine rings is 1. The van der Waals surface area contributed by atoms with Gasteiger partial charge in [0.1, 0.15) is 11.3 Å². The number of fused-ring (bicyclic) bond motifs is 1. The number of nitrogens with zero attached hydrogens (tertiary/aromatic N) is 4. The summed E-state index contributed by atoms with van der Waals surface area (Å²) in [5.41, 5.74) is 1.56. The number of hydrogen-bond donors (Lipinski definition) is 1. The van der Waals surface area contributed by atoms with Crippen LogP contribution in [-0.2, 0) is 6.42 Å². The van der Waals surface area contributed by atoms with Crippen LogP contribution in [0.5, 0.6) is 0 Å². The summed E-state index contributed by atoms with van der Waals surface area (Å²) >= 11 is 0. The van der Waals surface area contributed by atoms with Gasteiger partial charge in [0.15, 0.2) is 5.82 Å². The summed E-state index contributed by atoms with van der Waals surface area (Å²) in [5, 5.41) is 7.12. The van der Waals surface area contributed by atoms with Crippen molar-refractivity contribution in [3.05, 3.63) is 36.4 Å². The van der Waals surface area contributed by atoms with E-state index in [4.69, 9.17) is 4.52 Å². The Morgan fingerprint density at radius 2 is 2.26 bits per heavy atom. The Labute approximate surface area is 110 Å². The Hall–Kier alpha value is -2.21. The van der Waals surface area contributed by atoms with Crippen LogP contribution in [0.25, 0.3) is 17.2 Å². The number of nitrogens with one attached hydrogen (secondary N) is 1. The molecular formula is C13H15N5O. The number of rotatable bonds is 4. The fraction of sp³-hybridized carbons (Fsp3) is 0.308. The summed E-state index contributed by atoms with van der Waals surface area (Å²) in [7, 11) is 1.91. The second-order valence-electron chi connectivity index (χ2n) is 4.50. The molecule has 0 aliphatic rings. The third-order valence-electron chi connectivity index (χ3n) is 3.03. The van der Waals surface area contributed by atoms with Crippen molar-refractivity contribution in [2.45, 2.75) is 19.4 Å². The zero-order valence-electron chi connectivity index (χ0n) is 10.9. The molecule has 19 heavy (non-hydrogen) atoms. The first kappa shape index (κ1) is 11.9. The average molecular weight is 257 g/mol. The highest BCUT2D eigenvalue weighted by Gasteiger charge is 2.13.